The van der Waals surface area contributed by atoms with Gasteiger partial charge in [-0.05, 0) is 5.46 Å². The lowest BCUT2D eigenvalue weighted by Crippen LogP contribution is -2.10. The molecule has 13 heteroatoms. The van der Waals surface area contributed by atoms with E-state index in [0.29, 0.717) is 0 Å². The van der Waals surface area contributed by atoms with Crippen LogP contribution in [0.1, 0.15) is 0 Å². The second-order valence-electron chi connectivity index (χ2n) is 6.69. The third-order valence-electron chi connectivity index (χ3n) is 5.07. The Hall–Kier alpha value is -4.41. The number of fused-ring (bicyclic) bond motifs is 3. The van der Waals surface area contributed by atoms with E-state index < -0.39 is 79.5 Å². The molecule has 0 fully saturated rings. The Bertz CT molecular complexity index is 1430. The van der Waals surface area contributed by atoms with E-state index in [1.54, 1.807) is 0 Å². The number of hydrogen-bond donors (Lipinski definition) is 11. The van der Waals surface area contributed by atoms with Crippen molar-refractivity contribution in [2.45, 2.75) is 0 Å². The van der Waals surface area contributed by atoms with Gasteiger partial charge in [-0.15, -0.1) is 0 Å². The van der Waals surface area contributed by atoms with Gasteiger partial charge in [0.1, 0.15) is 15.7 Å². The number of rotatable bonds is 1. The molecule has 4 rings (SSSR count). The molecule has 0 spiro atoms. The molecule has 0 unspecified atom stereocenters. The lowest BCUT2D eigenvalue weighted by atomic mass is 9.82. The summed E-state index contributed by atoms with van der Waals surface area (Å²) in [5.41, 5.74) is -2.88. The van der Waals surface area contributed by atoms with Crippen molar-refractivity contribution in [1.82, 2.24) is 4.98 Å². The Morgan fingerprint density at radius 1 is 0.387 bits per heavy atom. The van der Waals surface area contributed by atoms with Crippen molar-refractivity contribution in [3.63, 3.8) is 0 Å². The summed E-state index contributed by atoms with van der Waals surface area (Å²) < 4.78 is 0. The van der Waals surface area contributed by atoms with Crippen LogP contribution in [0.4, 0.5) is 0 Å². The van der Waals surface area contributed by atoms with Crippen LogP contribution in [0.2, 0.25) is 0 Å². The fraction of sp³-hybridized carbons (Fsp3) is 0. The minimum atomic E-state index is -1.25. The molecule has 11 nitrogen and oxygen atoms in total. The molecule has 0 saturated heterocycles. The first-order chi connectivity index (χ1) is 14.4. The van der Waals surface area contributed by atoms with E-state index in [1.807, 2.05) is 0 Å². The predicted molar refractivity (Wildman–Crippen MR) is 109 cm³/mol. The quantitative estimate of drug-likeness (QED) is 0.108. The van der Waals surface area contributed by atoms with Gasteiger partial charge in [0.25, 0.3) is 0 Å². The summed E-state index contributed by atoms with van der Waals surface area (Å²) in [6, 6.07) is 0. The Labute approximate surface area is 173 Å². The molecule has 3 aromatic carbocycles. The molecule has 154 valence electrons. The summed E-state index contributed by atoms with van der Waals surface area (Å²) in [7, 11) is 11.8. The number of benzene rings is 3. The smallest absolute Gasteiger partial charge is 0.208 e. The SMILES string of the molecule is [B]c1c(O)c(O)c(O)c2c1[nH]c1c([B])c(-c3c(O)c(O)c(O)c(O)c3O)c(O)c(O)c12. The highest BCUT2D eigenvalue weighted by Crippen LogP contribution is 2.57. The molecule has 11 N–H and O–H groups in total. The molecule has 4 radical (unpaired) electrons. The Kier molecular flexibility index (Phi) is 3.88. The lowest BCUT2D eigenvalue weighted by Gasteiger charge is -2.17. The van der Waals surface area contributed by atoms with Crippen LogP contribution in [0.3, 0.4) is 0 Å². The van der Waals surface area contributed by atoms with Crippen molar-refractivity contribution in [1.29, 1.82) is 0 Å². The van der Waals surface area contributed by atoms with Gasteiger partial charge in [-0.25, -0.2) is 0 Å². The van der Waals surface area contributed by atoms with Crippen molar-refractivity contribution in [3.05, 3.63) is 0 Å². The van der Waals surface area contributed by atoms with Crippen LogP contribution in [0, 0.1) is 0 Å². The predicted octanol–water partition coefficient (Wildman–Crippen LogP) is -0.368. The van der Waals surface area contributed by atoms with Crippen LogP contribution in [-0.2, 0) is 0 Å². The first-order valence-corrected chi connectivity index (χ1v) is 8.31. The summed E-state index contributed by atoms with van der Waals surface area (Å²) in [5.74, 6) is -11.0. The zero-order valence-corrected chi connectivity index (χ0v) is 15.1. The molecule has 1 heterocycles. The standard InChI is InChI=1S/C18H11B2NO10/c19-5-1(4-12(25)16(29)18(31)17(30)13(4)26)9(22)10(23)2-3-8(21-7(2)5)6(20)14(27)15(28)11(3)24/h21-31H. The van der Waals surface area contributed by atoms with Crippen LogP contribution in [0.15, 0.2) is 0 Å². The van der Waals surface area contributed by atoms with E-state index in [4.69, 9.17) is 15.7 Å². The molecule has 0 aliphatic carbocycles. The Morgan fingerprint density at radius 2 is 0.742 bits per heavy atom. The largest absolute Gasteiger partial charge is 0.505 e. The van der Waals surface area contributed by atoms with Crippen molar-refractivity contribution in [2.24, 2.45) is 0 Å². The van der Waals surface area contributed by atoms with E-state index in [9.17, 15) is 51.1 Å². The zero-order chi connectivity index (χ0) is 23.1. The number of hydrogen-bond acceptors (Lipinski definition) is 10. The second kappa shape index (κ2) is 6.05. The number of aromatic amines is 1. The maximum absolute atomic E-state index is 10.6. The van der Waals surface area contributed by atoms with Gasteiger partial charge in [-0.3, -0.25) is 0 Å². The van der Waals surface area contributed by atoms with Crippen LogP contribution in [0.5, 0.6) is 57.5 Å². The van der Waals surface area contributed by atoms with Gasteiger partial charge >= 0.3 is 0 Å². The van der Waals surface area contributed by atoms with Crippen molar-refractivity contribution in [2.75, 3.05) is 0 Å². The average molecular weight is 423 g/mol. The highest BCUT2D eigenvalue weighted by molar-refractivity contribution is 6.47. The number of phenols is 10. The van der Waals surface area contributed by atoms with Crippen LogP contribution >= 0.6 is 0 Å². The topological polar surface area (TPSA) is 218 Å². The first-order valence-electron chi connectivity index (χ1n) is 8.31. The van der Waals surface area contributed by atoms with Crippen LogP contribution in [-0.4, -0.2) is 71.7 Å². The summed E-state index contributed by atoms with van der Waals surface area (Å²) in [5, 5.41) is 100.0. The number of H-pyrrole nitrogens is 1. The molecule has 0 aliphatic rings. The van der Waals surface area contributed by atoms with Crippen molar-refractivity contribution in [3.8, 4) is 68.6 Å². The summed E-state index contributed by atoms with van der Waals surface area (Å²) in [6.45, 7) is 0. The third-order valence-corrected chi connectivity index (χ3v) is 5.07. The number of aromatic hydroxyl groups is 10. The molecule has 4 aromatic rings. The highest BCUT2D eigenvalue weighted by Gasteiger charge is 2.31. The number of phenolic OH excluding ortho intramolecular Hbond substituents is 10. The van der Waals surface area contributed by atoms with Gasteiger partial charge in [0.2, 0.25) is 17.2 Å². The molecule has 0 atom stereocenters. The van der Waals surface area contributed by atoms with Crippen molar-refractivity contribution < 1.29 is 51.1 Å². The lowest BCUT2D eigenvalue weighted by molar-refractivity contribution is 0.329. The fourth-order valence-electron chi connectivity index (χ4n) is 3.52. The van der Waals surface area contributed by atoms with Gasteiger partial charge in [0.05, 0.1) is 16.3 Å². The second-order valence-corrected chi connectivity index (χ2v) is 6.69. The maximum atomic E-state index is 10.6. The monoisotopic (exact) mass is 423 g/mol. The highest BCUT2D eigenvalue weighted by atomic mass is 16.4. The Balaban J connectivity index is 2.27. The molecule has 1 aromatic heterocycles. The normalized spacial score (nSPS) is 11.5. The number of nitrogens with one attached hydrogen (secondary N) is 1. The molecule has 0 aliphatic heterocycles. The third kappa shape index (κ3) is 2.25. The zero-order valence-electron chi connectivity index (χ0n) is 15.1. The maximum Gasteiger partial charge on any atom is 0.208 e. The molecule has 0 bridgehead atoms. The van der Waals surface area contributed by atoms with Crippen LogP contribution in [0.25, 0.3) is 32.9 Å². The minimum absolute atomic E-state index is 0.189. The average Bonchev–Trinajstić information content (AvgIpc) is 3.15. The van der Waals surface area contributed by atoms with Gasteiger partial charge in [0, 0.05) is 16.6 Å². The summed E-state index contributed by atoms with van der Waals surface area (Å²) in [6.07, 6.45) is 0. The van der Waals surface area contributed by atoms with Gasteiger partial charge < -0.3 is 56.0 Å². The summed E-state index contributed by atoms with van der Waals surface area (Å²) in [4.78, 5) is 2.59. The van der Waals surface area contributed by atoms with Gasteiger partial charge in [-0.1, -0.05) is 5.46 Å². The molecule has 0 saturated carbocycles. The molecular weight excluding hydrogens is 412 g/mol. The van der Waals surface area contributed by atoms with E-state index in [1.165, 1.54) is 0 Å². The van der Waals surface area contributed by atoms with Crippen molar-refractivity contribution >= 4 is 48.4 Å². The van der Waals surface area contributed by atoms with E-state index in [0.717, 1.165) is 0 Å². The summed E-state index contributed by atoms with van der Waals surface area (Å²) >= 11 is 0. The molecule has 0 amide bonds. The number of aromatic nitrogens is 1. The Morgan fingerprint density at radius 3 is 1.26 bits per heavy atom. The van der Waals surface area contributed by atoms with Gasteiger partial charge in [0.15, 0.2) is 40.2 Å². The van der Waals surface area contributed by atoms with E-state index >= 15 is 0 Å². The van der Waals surface area contributed by atoms with Crippen LogP contribution < -0.4 is 10.9 Å². The van der Waals surface area contributed by atoms with E-state index in [-0.39, 0.29) is 21.8 Å². The molecule has 31 heavy (non-hydrogen) atoms. The van der Waals surface area contributed by atoms with Gasteiger partial charge in [-0.2, -0.15) is 0 Å². The first kappa shape index (κ1) is 19.9. The molecular formula is C18H11B2NO10. The van der Waals surface area contributed by atoms with E-state index in [2.05, 4.69) is 4.98 Å². The fourth-order valence-corrected chi connectivity index (χ4v) is 3.52. The minimum Gasteiger partial charge on any atom is -0.505 e.